The van der Waals surface area contributed by atoms with Gasteiger partial charge in [-0.3, -0.25) is 0 Å². The van der Waals surface area contributed by atoms with E-state index in [2.05, 4.69) is 32.9 Å². The van der Waals surface area contributed by atoms with Crippen LogP contribution in [-0.4, -0.2) is 25.2 Å². The van der Waals surface area contributed by atoms with Crippen molar-refractivity contribution in [1.29, 1.82) is 0 Å². The SMILES string of the molecule is CCCCCCCCCCCCCCc1c(OC)cccc1C1=NC(C)(C)CO1. The maximum Gasteiger partial charge on any atom is 0.217 e. The predicted molar refractivity (Wildman–Crippen MR) is 124 cm³/mol. The Hall–Kier alpha value is -1.51. The molecule has 0 bridgehead atoms. The summed E-state index contributed by atoms with van der Waals surface area (Å²) in [7, 11) is 1.76. The number of aliphatic imine (C=N–C) groups is 1. The molecule has 1 aromatic carbocycles. The van der Waals surface area contributed by atoms with Gasteiger partial charge in [0.1, 0.15) is 12.4 Å². The van der Waals surface area contributed by atoms with E-state index in [1.165, 1.54) is 82.6 Å². The first kappa shape index (κ1) is 23.8. The lowest BCUT2D eigenvalue weighted by atomic mass is 9.98. The molecule has 1 aliphatic heterocycles. The molecule has 0 aliphatic carbocycles. The van der Waals surface area contributed by atoms with Crippen LogP contribution in [0.5, 0.6) is 5.75 Å². The number of hydrogen-bond donors (Lipinski definition) is 0. The number of methoxy groups -OCH3 is 1. The molecule has 0 unspecified atom stereocenters. The van der Waals surface area contributed by atoms with E-state index in [1.807, 2.05) is 6.07 Å². The van der Waals surface area contributed by atoms with Crippen molar-refractivity contribution in [2.45, 2.75) is 110 Å². The van der Waals surface area contributed by atoms with E-state index in [0.717, 1.165) is 23.6 Å². The second-order valence-corrected chi connectivity index (χ2v) is 9.14. The van der Waals surface area contributed by atoms with Gasteiger partial charge in [0.05, 0.1) is 12.6 Å². The molecule has 164 valence electrons. The third-order valence-corrected chi connectivity index (χ3v) is 5.83. The number of nitrogens with zero attached hydrogens (tertiary/aromatic N) is 1. The summed E-state index contributed by atoms with van der Waals surface area (Å²) in [6, 6.07) is 6.22. The average Bonchev–Trinajstić information content (AvgIpc) is 3.08. The molecule has 0 spiro atoms. The van der Waals surface area contributed by atoms with Crippen LogP contribution in [0.15, 0.2) is 23.2 Å². The molecule has 1 aliphatic rings. The molecule has 3 heteroatoms. The fourth-order valence-corrected chi connectivity index (χ4v) is 4.08. The fraction of sp³-hybridized carbons (Fsp3) is 0.731. The Morgan fingerprint density at radius 1 is 0.897 bits per heavy atom. The molecule has 0 atom stereocenters. The molecule has 0 radical (unpaired) electrons. The summed E-state index contributed by atoms with van der Waals surface area (Å²) < 4.78 is 11.5. The minimum atomic E-state index is -0.133. The molecule has 0 amide bonds. The van der Waals surface area contributed by atoms with Gasteiger partial charge in [-0.15, -0.1) is 0 Å². The minimum absolute atomic E-state index is 0.133. The quantitative estimate of drug-likeness (QED) is 0.285. The highest BCUT2D eigenvalue weighted by atomic mass is 16.5. The number of unbranched alkanes of at least 4 members (excludes halogenated alkanes) is 11. The highest BCUT2D eigenvalue weighted by Crippen LogP contribution is 2.29. The Morgan fingerprint density at radius 3 is 2.00 bits per heavy atom. The van der Waals surface area contributed by atoms with Crippen LogP contribution in [0.4, 0.5) is 0 Å². The van der Waals surface area contributed by atoms with Gasteiger partial charge >= 0.3 is 0 Å². The van der Waals surface area contributed by atoms with Gasteiger partial charge in [0, 0.05) is 11.1 Å². The Morgan fingerprint density at radius 2 is 1.48 bits per heavy atom. The number of ether oxygens (including phenoxy) is 2. The minimum Gasteiger partial charge on any atom is -0.496 e. The van der Waals surface area contributed by atoms with E-state index >= 15 is 0 Å². The van der Waals surface area contributed by atoms with Gasteiger partial charge in [0.2, 0.25) is 5.90 Å². The third-order valence-electron chi connectivity index (χ3n) is 5.83. The molecule has 3 nitrogen and oxygen atoms in total. The maximum atomic E-state index is 5.90. The Balaban J connectivity index is 1.70. The van der Waals surface area contributed by atoms with Gasteiger partial charge in [-0.05, 0) is 38.8 Å². The zero-order chi connectivity index (χ0) is 21.0. The monoisotopic (exact) mass is 401 g/mol. The standard InChI is InChI=1S/C26H43NO2/c1-5-6-7-8-9-10-11-12-13-14-15-16-18-22-23(19-17-20-24(22)28-4)25-27-26(2,3)21-29-25/h17,19-20H,5-16,18,21H2,1-4H3. The Bertz CT molecular complexity index is 621. The topological polar surface area (TPSA) is 30.8 Å². The molecule has 0 N–H and O–H groups in total. The average molecular weight is 402 g/mol. The van der Waals surface area contributed by atoms with E-state index in [0.29, 0.717) is 6.61 Å². The highest BCUT2D eigenvalue weighted by molar-refractivity contribution is 5.97. The first-order valence-electron chi connectivity index (χ1n) is 12.0. The smallest absolute Gasteiger partial charge is 0.217 e. The Kier molecular flexibility index (Phi) is 10.6. The molecule has 29 heavy (non-hydrogen) atoms. The highest BCUT2D eigenvalue weighted by Gasteiger charge is 2.28. The van der Waals surface area contributed by atoms with Gasteiger partial charge < -0.3 is 9.47 Å². The van der Waals surface area contributed by atoms with Crippen LogP contribution in [0.2, 0.25) is 0 Å². The van der Waals surface area contributed by atoms with Crippen molar-refractivity contribution in [2.24, 2.45) is 4.99 Å². The fourth-order valence-electron chi connectivity index (χ4n) is 4.08. The van der Waals surface area contributed by atoms with Crippen LogP contribution in [0, 0.1) is 0 Å². The first-order chi connectivity index (χ1) is 14.1. The molecule has 0 fully saturated rings. The van der Waals surface area contributed by atoms with Crippen LogP contribution in [0.25, 0.3) is 0 Å². The van der Waals surface area contributed by atoms with Gasteiger partial charge in [-0.2, -0.15) is 0 Å². The van der Waals surface area contributed by atoms with Gasteiger partial charge in [0.15, 0.2) is 0 Å². The van der Waals surface area contributed by atoms with Gasteiger partial charge in [-0.25, -0.2) is 4.99 Å². The van der Waals surface area contributed by atoms with Crippen LogP contribution in [0.3, 0.4) is 0 Å². The van der Waals surface area contributed by atoms with E-state index < -0.39 is 0 Å². The summed E-state index contributed by atoms with van der Waals surface area (Å²) in [6.07, 6.45) is 17.5. The van der Waals surface area contributed by atoms with E-state index in [9.17, 15) is 0 Å². The second kappa shape index (κ2) is 12.9. The molecule has 0 aromatic heterocycles. The molecule has 0 saturated heterocycles. The van der Waals surface area contributed by atoms with Crippen molar-refractivity contribution in [1.82, 2.24) is 0 Å². The lowest BCUT2D eigenvalue weighted by molar-refractivity contribution is 0.279. The first-order valence-corrected chi connectivity index (χ1v) is 12.0. The Labute approximate surface area is 179 Å². The van der Waals surface area contributed by atoms with Crippen LogP contribution in [0.1, 0.15) is 109 Å². The van der Waals surface area contributed by atoms with Crippen LogP contribution in [-0.2, 0) is 11.2 Å². The van der Waals surface area contributed by atoms with Crippen molar-refractivity contribution in [3.8, 4) is 5.75 Å². The lowest BCUT2D eigenvalue weighted by Gasteiger charge is -2.13. The largest absolute Gasteiger partial charge is 0.496 e. The zero-order valence-corrected chi connectivity index (χ0v) is 19.4. The third kappa shape index (κ3) is 8.40. The molecule has 0 saturated carbocycles. The van der Waals surface area contributed by atoms with Crippen molar-refractivity contribution in [3.05, 3.63) is 29.3 Å². The maximum absolute atomic E-state index is 5.90. The lowest BCUT2D eigenvalue weighted by Crippen LogP contribution is -2.17. The second-order valence-electron chi connectivity index (χ2n) is 9.14. The molecule has 2 rings (SSSR count). The molecular formula is C26H43NO2. The van der Waals surface area contributed by atoms with Crippen molar-refractivity contribution in [2.75, 3.05) is 13.7 Å². The summed E-state index contributed by atoms with van der Waals surface area (Å²) >= 11 is 0. The number of benzene rings is 1. The van der Waals surface area contributed by atoms with E-state index in [4.69, 9.17) is 14.5 Å². The van der Waals surface area contributed by atoms with E-state index in [-0.39, 0.29) is 5.54 Å². The number of hydrogen-bond acceptors (Lipinski definition) is 3. The van der Waals surface area contributed by atoms with Gasteiger partial charge in [0.25, 0.3) is 0 Å². The summed E-state index contributed by atoms with van der Waals surface area (Å²) in [5.74, 6) is 1.74. The van der Waals surface area contributed by atoms with Crippen molar-refractivity contribution >= 4 is 5.90 Å². The van der Waals surface area contributed by atoms with Gasteiger partial charge in [-0.1, -0.05) is 83.6 Å². The zero-order valence-electron chi connectivity index (χ0n) is 19.4. The summed E-state index contributed by atoms with van der Waals surface area (Å²) in [4.78, 5) is 4.78. The number of rotatable bonds is 15. The molecule has 1 aromatic rings. The summed E-state index contributed by atoms with van der Waals surface area (Å²) in [6.45, 7) is 7.17. The normalized spacial score (nSPS) is 15.2. The van der Waals surface area contributed by atoms with Crippen molar-refractivity contribution < 1.29 is 9.47 Å². The summed E-state index contributed by atoms with van der Waals surface area (Å²) in [5, 5.41) is 0. The summed E-state index contributed by atoms with van der Waals surface area (Å²) in [5.41, 5.74) is 2.22. The molecular weight excluding hydrogens is 358 g/mol. The van der Waals surface area contributed by atoms with Crippen LogP contribution < -0.4 is 4.74 Å². The van der Waals surface area contributed by atoms with Crippen LogP contribution >= 0.6 is 0 Å². The predicted octanol–water partition coefficient (Wildman–Crippen LogP) is 7.49. The van der Waals surface area contributed by atoms with Crippen molar-refractivity contribution in [3.63, 3.8) is 0 Å². The molecule has 1 heterocycles. The van der Waals surface area contributed by atoms with E-state index in [1.54, 1.807) is 7.11 Å².